The van der Waals surface area contributed by atoms with Crippen molar-refractivity contribution >= 4 is 11.8 Å². The number of thioether (sulfide) groups is 1. The molecule has 0 aliphatic rings. The molecular weight excluding hydrogens is 249 g/mol. The van der Waals surface area contributed by atoms with Gasteiger partial charge in [-0.15, -0.1) is 11.8 Å². The largest absolute Gasteiger partial charge is 0.327 e. The Morgan fingerprint density at radius 1 is 1.33 bits per heavy atom. The van der Waals surface area contributed by atoms with Crippen LogP contribution in [-0.2, 0) is 13.5 Å². The van der Waals surface area contributed by atoms with Gasteiger partial charge >= 0.3 is 0 Å². The molecule has 2 aromatic rings. The molecule has 0 aliphatic carbocycles. The lowest BCUT2D eigenvalue weighted by Gasteiger charge is -2.09. The third kappa shape index (κ3) is 3.85. The second kappa shape index (κ2) is 6.02. The summed E-state index contributed by atoms with van der Waals surface area (Å²) in [6.45, 7) is 0. The molecule has 18 heavy (non-hydrogen) atoms. The highest BCUT2D eigenvalue weighted by atomic mass is 32.2. The van der Waals surface area contributed by atoms with Gasteiger partial charge in [0.15, 0.2) is 0 Å². The predicted octanol–water partition coefficient (Wildman–Crippen LogP) is 2.22. The average Bonchev–Trinajstić information content (AvgIpc) is 2.74. The van der Waals surface area contributed by atoms with Gasteiger partial charge < -0.3 is 5.73 Å². The summed E-state index contributed by atoms with van der Waals surface area (Å²) in [7, 11) is 1.89. The maximum Gasteiger partial charge on any atom is 0.123 e. The highest BCUT2D eigenvalue weighted by Crippen LogP contribution is 2.19. The normalized spacial score (nSPS) is 12.6. The minimum Gasteiger partial charge on any atom is -0.327 e. The average molecular weight is 265 g/mol. The van der Waals surface area contributed by atoms with Crippen LogP contribution in [0.4, 0.5) is 4.39 Å². The van der Waals surface area contributed by atoms with E-state index in [4.69, 9.17) is 5.73 Å². The van der Waals surface area contributed by atoms with Crippen molar-refractivity contribution in [1.29, 1.82) is 0 Å². The topological polar surface area (TPSA) is 43.8 Å². The minimum atomic E-state index is -0.211. The van der Waals surface area contributed by atoms with E-state index in [2.05, 4.69) is 5.10 Å². The molecule has 0 aliphatic heterocycles. The van der Waals surface area contributed by atoms with Crippen LogP contribution < -0.4 is 5.73 Å². The first-order chi connectivity index (χ1) is 8.63. The van der Waals surface area contributed by atoms with Gasteiger partial charge in [0.05, 0.1) is 5.69 Å². The Morgan fingerprint density at radius 3 is 2.67 bits per heavy atom. The zero-order valence-electron chi connectivity index (χ0n) is 10.2. The van der Waals surface area contributed by atoms with Gasteiger partial charge in [0.2, 0.25) is 0 Å². The van der Waals surface area contributed by atoms with Gasteiger partial charge in [-0.05, 0) is 30.3 Å². The molecule has 3 nitrogen and oxygen atoms in total. The molecule has 2 N–H and O–H groups in total. The molecule has 1 atom stereocenters. The van der Waals surface area contributed by atoms with Crippen LogP contribution in [0.1, 0.15) is 5.69 Å². The van der Waals surface area contributed by atoms with Crippen molar-refractivity contribution in [1.82, 2.24) is 9.78 Å². The van der Waals surface area contributed by atoms with Gasteiger partial charge in [-0.3, -0.25) is 4.68 Å². The van der Waals surface area contributed by atoms with Gasteiger partial charge in [0.1, 0.15) is 5.82 Å². The first-order valence-corrected chi connectivity index (χ1v) is 6.74. The molecule has 0 bridgehead atoms. The van der Waals surface area contributed by atoms with Crippen molar-refractivity contribution in [2.75, 3.05) is 5.75 Å². The number of nitrogens with zero attached hydrogens (tertiary/aromatic N) is 2. The summed E-state index contributed by atoms with van der Waals surface area (Å²) in [5.41, 5.74) is 7.05. The van der Waals surface area contributed by atoms with Crippen molar-refractivity contribution in [3.8, 4) is 0 Å². The highest BCUT2D eigenvalue weighted by molar-refractivity contribution is 7.99. The van der Waals surface area contributed by atoms with Crippen LogP contribution >= 0.6 is 11.8 Å². The SMILES string of the molecule is Cn1ccc(CC(N)CSc2ccc(F)cc2)n1. The lowest BCUT2D eigenvalue weighted by atomic mass is 10.2. The van der Waals surface area contributed by atoms with E-state index in [1.807, 2.05) is 19.3 Å². The van der Waals surface area contributed by atoms with Gasteiger partial charge in [0, 0.05) is 36.4 Å². The Morgan fingerprint density at radius 2 is 2.06 bits per heavy atom. The van der Waals surface area contributed by atoms with Gasteiger partial charge in [0.25, 0.3) is 0 Å². The molecule has 0 fully saturated rings. The molecule has 2 rings (SSSR count). The van der Waals surface area contributed by atoms with E-state index in [1.165, 1.54) is 12.1 Å². The van der Waals surface area contributed by atoms with Gasteiger partial charge in [-0.1, -0.05) is 0 Å². The molecule has 96 valence electrons. The van der Waals surface area contributed by atoms with E-state index in [0.717, 1.165) is 22.8 Å². The van der Waals surface area contributed by atoms with E-state index in [0.29, 0.717) is 0 Å². The monoisotopic (exact) mass is 265 g/mol. The summed E-state index contributed by atoms with van der Waals surface area (Å²) >= 11 is 1.64. The lowest BCUT2D eigenvalue weighted by molar-refractivity contribution is 0.626. The van der Waals surface area contributed by atoms with Gasteiger partial charge in [-0.2, -0.15) is 5.10 Å². The van der Waals surface area contributed by atoms with Crippen molar-refractivity contribution in [2.24, 2.45) is 12.8 Å². The molecule has 1 aromatic heterocycles. The van der Waals surface area contributed by atoms with Crippen molar-refractivity contribution < 1.29 is 4.39 Å². The quantitative estimate of drug-likeness (QED) is 0.843. The van der Waals surface area contributed by atoms with E-state index in [9.17, 15) is 4.39 Å². The van der Waals surface area contributed by atoms with E-state index in [1.54, 1.807) is 28.6 Å². The summed E-state index contributed by atoms with van der Waals surface area (Å²) in [5, 5.41) is 4.30. The number of aryl methyl sites for hydroxylation is 1. The fourth-order valence-corrected chi connectivity index (χ4v) is 2.49. The predicted molar refractivity (Wildman–Crippen MR) is 72.0 cm³/mol. The number of hydrogen-bond donors (Lipinski definition) is 1. The second-order valence-corrected chi connectivity index (χ2v) is 5.30. The molecule has 1 heterocycles. The molecule has 0 amide bonds. The molecule has 0 radical (unpaired) electrons. The zero-order chi connectivity index (χ0) is 13.0. The smallest absolute Gasteiger partial charge is 0.123 e. The van der Waals surface area contributed by atoms with Crippen LogP contribution in [0.3, 0.4) is 0 Å². The van der Waals surface area contributed by atoms with E-state index < -0.39 is 0 Å². The highest BCUT2D eigenvalue weighted by Gasteiger charge is 2.07. The summed E-state index contributed by atoms with van der Waals surface area (Å²) in [6.07, 6.45) is 2.67. The minimum absolute atomic E-state index is 0.0509. The Kier molecular flexibility index (Phi) is 4.38. The van der Waals surface area contributed by atoms with Crippen LogP contribution in [0.5, 0.6) is 0 Å². The van der Waals surface area contributed by atoms with Crippen LogP contribution in [-0.4, -0.2) is 21.6 Å². The van der Waals surface area contributed by atoms with Crippen molar-refractivity contribution in [3.05, 3.63) is 48.0 Å². The van der Waals surface area contributed by atoms with Gasteiger partial charge in [-0.25, -0.2) is 4.39 Å². The Labute approximate surface area is 110 Å². The fraction of sp³-hybridized carbons (Fsp3) is 0.308. The third-order valence-corrected chi connectivity index (χ3v) is 3.72. The molecule has 5 heteroatoms. The first kappa shape index (κ1) is 13.1. The van der Waals surface area contributed by atoms with Crippen molar-refractivity contribution in [3.63, 3.8) is 0 Å². The number of hydrogen-bond acceptors (Lipinski definition) is 3. The zero-order valence-corrected chi connectivity index (χ0v) is 11.0. The van der Waals surface area contributed by atoms with Crippen LogP contribution in [0.2, 0.25) is 0 Å². The molecule has 0 saturated heterocycles. The molecule has 1 aromatic carbocycles. The Bertz CT molecular complexity index is 495. The standard InChI is InChI=1S/C13H16FN3S/c1-17-7-6-12(16-17)8-11(15)9-18-13-4-2-10(14)3-5-13/h2-7,11H,8-9,15H2,1H3. The first-order valence-electron chi connectivity index (χ1n) is 5.76. The summed E-state index contributed by atoms with van der Waals surface area (Å²) in [4.78, 5) is 1.04. The summed E-state index contributed by atoms with van der Waals surface area (Å²) < 4.78 is 14.5. The van der Waals surface area contributed by atoms with Crippen LogP contribution in [0.15, 0.2) is 41.4 Å². The maximum absolute atomic E-state index is 12.7. The number of halogens is 1. The summed E-state index contributed by atoms with van der Waals surface area (Å²) in [6, 6.07) is 8.50. The number of aromatic nitrogens is 2. The van der Waals surface area contributed by atoms with E-state index >= 15 is 0 Å². The second-order valence-electron chi connectivity index (χ2n) is 4.21. The maximum atomic E-state index is 12.7. The lowest BCUT2D eigenvalue weighted by Crippen LogP contribution is -2.25. The Balaban J connectivity index is 1.81. The van der Waals surface area contributed by atoms with Crippen LogP contribution in [0, 0.1) is 5.82 Å². The number of nitrogens with two attached hydrogens (primary N) is 1. The fourth-order valence-electron chi connectivity index (χ4n) is 1.63. The molecule has 1 unspecified atom stereocenters. The summed E-state index contributed by atoms with van der Waals surface area (Å²) in [5.74, 6) is 0.583. The van der Waals surface area contributed by atoms with Crippen molar-refractivity contribution in [2.45, 2.75) is 17.4 Å². The number of rotatable bonds is 5. The van der Waals surface area contributed by atoms with Crippen LogP contribution in [0.25, 0.3) is 0 Å². The van der Waals surface area contributed by atoms with E-state index in [-0.39, 0.29) is 11.9 Å². The molecule has 0 spiro atoms. The molecular formula is C13H16FN3S. The molecule has 0 saturated carbocycles. The number of benzene rings is 1. The third-order valence-electron chi connectivity index (χ3n) is 2.52. The Hall–Kier alpha value is -1.33.